The summed E-state index contributed by atoms with van der Waals surface area (Å²) in [6, 6.07) is 14.3. The predicted octanol–water partition coefficient (Wildman–Crippen LogP) is 3.76. The molecule has 3 aromatic rings. The number of hydrogen-bond donors (Lipinski definition) is 1. The number of carbonyl (C=O) groups excluding carboxylic acids is 1. The standard InChI is InChI=1S/C22H24N2O4/c1-3-18(15-25)24(14-16-6-5-11-23-13-16)22(26)21-10-9-20(28-21)17-7-4-8-19(12-17)27-2/h4-13,18,25H,3,14-15H2,1-2H3. The third-order valence-corrected chi connectivity index (χ3v) is 4.63. The fourth-order valence-electron chi connectivity index (χ4n) is 3.03. The number of hydrogen-bond acceptors (Lipinski definition) is 5. The van der Waals surface area contributed by atoms with Crippen molar-refractivity contribution in [1.29, 1.82) is 0 Å². The molecule has 1 N–H and O–H groups in total. The summed E-state index contributed by atoms with van der Waals surface area (Å²) in [6.07, 6.45) is 4.03. The van der Waals surface area contributed by atoms with E-state index in [4.69, 9.17) is 9.15 Å². The molecule has 146 valence electrons. The lowest BCUT2D eigenvalue weighted by atomic mass is 10.1. The molecule has 0 radical (unpaired) electrons. The van der Waals surface area contributed by atoms with Gasteiger partial charge in [-0.05, 0) is 42.3 Å². The van der Waals surface area contributed by atoms with Crippen molar-refractivity contribution in [3.05, 3.63) is 72.2 Å². The number of methoxy groups -OCH3 is 1. The molecule has 28 heavy (non-hydrogen) atoms. The SMILES string of the molecule is CCC(CO)N(Cc1cccnc1)C(=O)c1ccc(-c2cccc(OC)c2)o1. The van der Waals surface area contributed by atoms with Gasteiger partial charge in [-0.3, -0.25) is 9.78 Å². The molecule has 1 aromatic carbocycles. The van der Waals surface area contributed by atoms with Gasteiger partial charge >= 0.3 is 0 Å². The van der Waals surface area contributed by atoms with Crippen molar-refractivity contribution in [3.8, 4) is 17.1 Å². The molecule has 0 aliphatic carbocycles. The summed E-state index contributed by atoms with van der Waals surface area (Å²) in [5.41, 5.74) is 1.72. The Kier molecular flexibility index (Phi) is 6.45. The summed E-state index contributed by atoms with van der Waals surface area (Å²) in [4.78, 5) is 18.9. The van der Waals surface area contributed by atoms with E-state index in [2.05, 4.69) is 4.98 Å². The average molecular weight is 380 g/mol. The summed E-state index contributed by atoms with van der Waals surface area (Å²) in [5.74, 6) is 1.26. The van der Waals surface area contributed by atoms with Crippen LogP contribution in [0.5, 0.6) is 5.75 Å². The highest BCUT2D eigenvalue weighted by molar-refractivity contribution is 5.92. The third kappa shape index (κ3) is 4.40. The number of benzene rings is 1. The zero-order chi connectivity index (χ0) is 19.9. The lowest BCUT2D eigenvalue weighted by Crippen LogP contribution is -2.41. The van der Waals surface area contributed by atoms with E-state index in [-0.39, 0.29) is 24.3 Å². The monoisotopic (exact) mass is 380 g/mol. The Labute approximate surface area is 164 Å². The number of amides is 1. The number of furan rings is 1. The lowest BCUT2D eigenvalue weighted by Gasteiger charge is -2.29. The maximum atomic E-state index is 13.2. The van der Waals surface area contributed by atoms with E-state index < -0.39 is 0 Å². The molecule has 1 unspecified atom stereocenters. The summed E-state index contributed by atoms with van der Waals surface area (Å²) in [5, 5.41) is 9.76. The zero-order valence-electron chi connectivity index (χ0n) is 16.0. The topological polar surface area (TPSA) is 75.8 Å². The highest BCUT2D eigenvalue weighted by atomic mass is 16.5. The van der Waals surface area contributed by atoms with Crippen LogP contribution in [0.4, 0.5) is 0 Å². The van der Waals surface area contributed by atoms with Crippen molar-refractivity contribution in [2.24, 2.45) is 0 Å². The van der Waals surface area contributed by atoms with E-state index in [0.717, 1.165) is 11.1 Å². The number of pyridine rings is 1. The van der Waals surface area contributed by atoms with E-state index in [1.807, 2.05) is 43.3 Å². The number of rotatable bonds is 8. The van der Waals surface area contributed by atoms with Crippen LogP contribution >= 0.6 is 0 Å². The Hall–Kier alpha value is -3.12. The Balaban J connectivity index is 1.87. The van der Waals surface area contributed by atoms with E-state index in [9.17, 15) is 9.90 Å². The van der Waals surface area contributed by atoms with Gasteiger partial charge in [-0.2, -0.15) is 0 Å². The second-order valence-electron chi connectivity index (χ2n) is 6.43. The molecule has 2 aromatic heterocycles. The molecule has 2 heterocycles. The van der Waals surface area contributed by atoms with Crippen molar-refractivity contribution in [2.75, 3.05) is 13.7 Å². The largest absolute Gasteiger partial charge is 0.497 e. The third-order valence-electron chi connectivity index (χ3n) is 4.63. The second kappa shape index (κ2) is 9.19. The highest BCUT2D eigenvalue weighted by Gasteiger charge is 2.26. The van der Waals surface area contributed by atoms with E-state index in [1.54, 1.807) is 36.5 Å². The number of nitrogens with zero attached hydrogens (tertiary/aromatic N) is 2. The van der Waals surface area contributed by atoms with Gasteiger partial charge in [-0.15, -0.1) is 0 Å². The summed E-state index contributed by atoms with van der Waals surface area (Å²) in [6.45, 7) is 2.17. The van der Waals surface area contributed by atoms with Gasteiger partial charge < -0.3 is 19.2 Å². The van der Waals surface area contributed by atoms with Crippen LogP contribution in [0.1, 0.15) is 29.5 Å². The molecule has 0 aliphatic rings. The van der Waals surface area contributed by atoms with Crippen molar-refractivity contribution >= 4 is 5.91 Å². The molecule has 6 nitrogen and oxygen atoms in total. The molecular weight excluding hydrogens is 356 g/mol. The summed E-state index contributed by atoms with van der Waals surface area (Å²) < 4.78 is 11.1. The smallest absolute Gasteiger partial charge is 0.290 e. The van der Waals surface area contributed by atoms with Gasteiger partial charge in [0.15, 0.2) is 5.76 Å². The number of aliphatic hydroxyl groups is 1. The van der Waals surface area contributed by atoms with Gasteiger partial charge in [0, 0.05) is 24.5 Å². The van der Waals surface area contributed by atoms with Gasteiger partial charge in [0.25, 0.3) is 5.91 Å². The minimum atomic E-state index is -0.307. The predicted molar refractivity (Wildman–Crippen MR) is 106 cm³/mol. The number of ether oxygens (including phenoxy) is 1. The van der Waals surface area contributed by atoms with E-state index in [0.29, 0.717) is 24.5 Å². The van der Waals surface area contributed by atoms with Crippen LogP contribution in [0.15, 0.2) is 65.3 Å². The fourth-order valence-corrected chi connectivity index (χ4v) is 3.03. The molecular formula is C22H24N2O4. The summed E-state index contributed by atoms with van der Waals surface area (Å²) >= 11 is 0. The zero-order valence-corrected chi connectivity index (χ0v) is 16.0. The van der Waals surface area contributed by atoms with Crippen molar-refractivity contribution < 1.29 is 19.1 Å². The first kappa shape index (κ1) is 19.6. The molecule has 0 aliphatic heterocycles. The minimum absolute atomic E-state index is 0.119. The number of aliphatic hydroxyl groups excluding tert-OH is 1. The minimum Gasteiger partial charge on any atom is -0.497 e. The average Bonchev–Trinajstić information content (AvgIpc) is 3.24. The first-order valence-corrected chi connectivity index (χ1v) is 9.21. The van der Waals surface area contributed by atoms with Crippen LogP contribution < -0.4 is 4.74 Å². The van der Waals surface area contributed by atoms with Gasteiger partial charge in [0.1, 0.15) is 11.5 Å². The normalized spacial score (nSPS) is 11.8. The van der Waals surface area contributed by atoms with Crippen LogP contribution in [-0.2, 0) is 6.54 Å². The highest BCUT2D eigenvalue weighted by Crippen LogP contribution is 2.27. The maximum Gasteiger partial charge on any atom is 0.290 e. The molecule has 0 fully saturated rings. The van der Waals surface area contributed by atoms with Crippen molar-refractivity contribution in [2.45, 2.75) is 25.9 Å². The molecule has 6 heteroatoms. The second-order valence-corrected chi connectivity index (χ2v) is 6.43. The van der Waals surface area contributed by atoms with Crippen LogP contribution in [0.3, 0.4) is 0 Å². The molecule has 3 rings (SSSR count). The van der Waals surface area contributed by atoms with Crippen molar-refractivity contribution in [1.82, 2.24) is 9.88 Å². The maximum absolute atomic E-state index is 13.2. The van der Waals surface area contributed by atoms with Gasteiger partial charge in [-0.1, -0.05) is 25.1 Å². The van der Waals surface area contributed by atoms with Crippen LogP contribution in [-0.4, -0.2) is 40.7 Å². The van der Waals surface area contributed by atoms with E-state index >= 15 is 0 Å². The van der Waals surface area contributed by atoms with Gasteiger partial charge in [0.2, 0.25) is 0 Å². The first-order chi connectivity index (χ1) is 13.7. The number of carbonyl (C=O) groups is 1. The Morgan fingerprint density at radius 2 is 2.11 bits per heavy atom. The molecule has 1 atom stereocenters. The number of aromatic nitrogens is 1. The van der Waals surface area contributed by atoms with Crippen LogP contribution in [0, 0.1) is 0 Å². The van der Waals surface area contributed by atoms with Crippen LogP contribution in [0.2, 0.25) is 0 Å². The fraction of sp³-hybridized carbons (Fsp3) is 0.273. The Bertz CT molecular complexity index is 904. The van der Waals surface area contributed by atoms with E-state index in [1.165, 1.54) is 0 Å². The molecule has 0 saturated carbocycles. The van der Waals surface area contributed by atoms with Gasteiger partial charge in [0.05, 0.1) is 19.8 Å². The van der Waals surface area contributed by atoms with Gasteiger partial charge in [-0.25, -0.2) is 0 Å². The van der Waals surface area contributed by atoms with Crippen LogP contribution in [0.25, 0.3) is 11.3 Å². The molecule has 0 saturated heterocycles. The molecule has 1 amide bonds. The quantitative estimate of drug-likeness (QED) is 0.644. The lowest BCUT2D eigenvalue weighted by molar-refractivity contribution is 0.0533. The first-order valence-electron chi connectivity index (χ1n) is 9.21. The Morgan fingerprint density at radius 1 is 1.25 bits per heavy atom. The summed E-state index contributed by atoms with van der Waals surface area (Å²) in [7, 11) is 1.60. The molecule has 0 spiro atoms. The Morgan fingerprint density at radius 3 is 2.79 bits per heavy atom. The molecule has 0 bridgehead atoms. The van der Waals surface area contributed by atoms with Crippen molar-refractivity contribution in [3.63, 3.8) is 0 Å².